The summed E-state index contributed by atoms with van der Waals surface area (Å²) in [6.07, 6.45) is 4.76. The van der Waals surface area contributed by atoms with Crippen LogP contribution in [-0.4, -0.2) is 49.4 Å². The molecule has 0 aromatic carbocycles. The van der Waals surface area contributed by atoms with Crippen molar-refractivity contribution in [3.8, 4) is 0 Å². The van der Waals surface area contributed by atoms with Crippen LogP contribution in [0.25, 0.3) is 0 Å². The van der Waals surface area contributed by atoms with E-state index in [1.54, 1.807) is 0 Å². The van der Waals surface area contributed by atoms with Crippen LogP contribution < -0.4 is 10.6 Å². The lowest BCUT2D eigenvalue weighted by molar-refractivity contribution is -0.136. The van der Waals surface area contributed by atoms with Gasteiger partial charge >= 0.3 is 0 Å². The molecule has 2 amide bonds. The van der Waals surface area contributed by atoms with Crippen molar-refractivity contribution in [3.63, 3.8) is 0 Å². The van der Waals surface area contributed by atoms with Crippen LogP contribution in [0.3, 0.4) is 0 Å². The molecule has 2 rings (SSSR count). The van der Waals surface area contributed by atoms with E-state index in [0.717, 1.165) is 45.2 Å². The van der Waals surface area contributed by atoms with Gasteiger partial charge in [-0.15, -0.1) is 0 Å². The van der Waals surface area contributed by atoms with Crippen molar-refractivity contribution in [3.05, 3.63) is 0 Å². The molecule has 0 aromatic heterocycles. The van der Waals surface area contributed by atoms with Crippen molar-refractivity contribution in [1.29, 1.82) is 0 Å². The van der Waals surface area contributed by atoms with Gasteiger partial charge in [0.15, 0.2) is 0 Å². The molecule has 1 saturated heterocycles. The van der Waals surface area contributed by atoms with Crippen LogP contribution >= 0.6 is 0 Å². The van der Waals surface area contributed by atoms with Gasteiger partial charge in [-0.1, -0.05) is 41.5 Å². The number of likely N-dealkylation sites (tertiary alicyclic amines) is 1. The van der Waals surface area contributed by atoms with E-state index in [2.05, 4.69) is 64.1 Å². The van der Waals surface area contributed by atoms with Crippen LogP contribution in [0.15, 0.2) is 0 Å². The fraction of sp³-hybridized carbons (Fsp3) is 0.913. The first-order chi connectivity index (χ1) is 13.0. The summed E-state index contributed by atoms with van der Waals surface area (Å²) in [4.78, 5) is 28.2. The summed E-state index contributed by atoms with van der Waals surface area (Å²) in [5.74, 6) is 1.42. The molecular weight excluding hydrogens is 350 g/mol. The first-order valence-electron chi connectivity index (χ1n) is 11.2. The second-order valence-electron chi connectivity index (χ2n) is 10.6. The number of amides is 2. The lowest BCUT2D eigenvalue weighted by atomic mass is 9.65. The van der Waals surface area contributed by atoms with Crippen LogP contribution in [0.4, 0.5) is 0 Å². The third-order valence-electron chi connectivity index (χ3n) is 7.93. The smallest absolute Gasteiger partial charge is 0.226 e. The Kier molecular flexibility index (Phi) is 7.57. The Balaban J connectivity index is 1.95. The number of hydrogen-bond donors (Lipinski definition) is 2. The van der Waals surface area contributed by atoms with E-state index < -0.39 is 0 Å². The third kappa shape index (κ3) is 5.08. The molecule has 0 radical (unpaired) electrons. The van der Waals surface area contributed by atoms with Gasteiger partial charge in [-0.05, 0) is 69.5 Å². The Morgan fingerprint density at radius 2 is 1.71 bits per heavy atom. The quantitative estimate of drug-likeness (QED) is 0.696. The average molecular weight is 394 g/mol. The fourth-order valence-corrected chi connectivity index (χ4v) is 4.90. The first kappa shape index (κ1) is 23.2. The first-order valence-corrected chi connectivity index (χ1v) is 11.2. The van der Waals surface area contributed by atoms with Crippen molar-refractivity contribution >= 4 is 11.8 Å². The van der Waals surface area contributed by atoms with Gasteiger partial charge in [0.2, 0.25) is 11.8 Å². The normalized spacial score (nSPS) is 29.6. The van der Waals surface area contributed by atoms with E-state index in [1.807, 2.05) is 0 Å². The van der Waals surface area contributed by atoms with Crippen LogP contribution in [0.5, 0.6) is 0 Å². The van der Waals surface area contributed by atoms with Crippen LogP contribution in [0.1, 0.15) is 73.6 Å². The minimum Gasteiger partial charge on any atom is -0.354 e. The summed E-state index contributed by atoms with van der Waals surface area (Å²) in [7, 11) is 2.11. The highest BCUT2D eigenvalue weighted by atomic mass is 16.2. The third-order valence-corrected chi connectivity index (χ3v) is 7.93. The van der Waals surface area contributed by atoms with Gasteiger partial charge < -0.3 is 15.5 Å². The molecule has 1 unspecified atom stereocenters. The highest BCUT2D eigenvalue weighted by molar-refractivity contribution is 5.84. The average Bonchev–Trinajstić information content (AvgIpc) is 2.83. The summed E-state index contributed by atoms with van der Waals surface area (Å²) in [5.41, 5.74) is -0.352. The molecule has 1 heterocycles. The molecule has 162 valence electrons. The second kappa shape index (κ2) is 9.15. The fourth-order valence-electron chi connectivity index (χ4n) is 4.90. The standard InChI is InChI=1S/C23H43N3O2/c1-16(2)14-19(25-20(27)18-9-12-26(7)13-10-18)15-24-21(28)23(6)11-8-17(3)22(23,4)5/h16-19H,8-15H2,1-7H3,(H,24,28)(H,25,27)/t17-,19?,23-/m0/s1. The number of rotatable bonds is 7. The van der Waals surface area contributed by atoms with E-state index >= 15 is 0 Å². The summed E-state index contributed by atoms with van der Waals surface area (Å²) < 4.78 is 0. The Bertz CT molecular complexity index is 552. The maximum Gasteiger partial charge on any atom is 0.226 e. The Morgan fingerprint density at radius 1 is 1.11 bits per heavy atom. The Morgan fingerprint density at radius 3 is 2.21 bits per heavy atom. The van der Waals surface area contributed by atoms with Crippen molar-refractivity contribution in [2.45, 2.75) is 79.7 Å². The zero-order valence-electron chi connectivity index (χ0n) is 19.2. The number of nitrogens with zero attached hydrogens (tertiary/aromatic N) is 1. The van der Waals surface area contributed by atoms with Crippen molar-refractivity contribution in [2.75, 3.05) is 26.7 Å². The summed E-state index contributed by atoms with van der Waals surface area (Å²) in [5, 5.41) is 6.45. The van der Waals surface area contributed by atoms with Gasteiger partial charge in [0, 0.05) is 18.5 Å². The zero-order valence-corrected chi connectivity index (χ0v) is 19.2. The maximum absolute atomic E-state index is 13.1. The molecule has 5 nitrogen and oxygen atoms in total. The van der Waals surface area contributed by atoms with Crippen LogP contribution in [0, 0.1) is 28.6 Å². The number of carbonyl (C=O) groups is 2. The topological polar surface area (TPSA) is 61.4 Å². The van der Waals surface area contributed by atoms with Gasteiger partial charge in [-0.3, -0.25) is 9.59 Å². The predicted molar refractivity (Wildman–Crippen MR) is 115 cm³/mol. The highest BCUT2D eigenvalue weighted by Gasteiger charge is 2.54. The van der Waals surface area contributed by atoms with Crippen molar-refractivity contribution < 1.29 is 9.59 Å². The molecular formula is C23H43N3O2. The SMILES string of the molecule is CC(C)CC(CNC(=O)[C@]1(C)CC[C@H](C)C1(C)C)NC(=O)C1CCN(C)CC1. The highest BCUT2D eigenvalue weighted by Crippen LogP contribution is 2.55. The van der Waals surface area contributed by atoms with Crippen LogP contribution in [-0.2, 0) is 9.59 Å². The minimum atomic E-state index is -0.341. The van der Waals surface area contributed by atoms with Gasteiger partial charge in [-0.2, -0.15) is 0 Å². The molecule has 0 aromatic rings. The van der Waals surface area contributed by atoms with Gasteiger partial charge in [0.05, 0.1) is 5.41 Å². The van der Waals surface area contributed by atoms with Crippen LogP contribution in [0.2, 0.25) is 0 Å². The number of hydrogen-bond acceptors (Lipinski definition) is 3. The lowest BCUT2D eigenvalue weighted by Gasteiger charge is -2.40. The molecule has 3 atom stereocenters. The van der Waals surface area contributed by atoms with Crippen molar-refractivity contribution in [2.24, 2.45) is 28.6 Å². The number of carbonyl (C=O) groups excluding carboxylic acids is 2. The predicted octanol–water partition coefficient (Wildman–Crippen LogP) is 3.44. The van der Waals surface area contributed by atoms with Gasteiger partial charge in [0.1, 0.15) is 0 Å². The second-order valence-corrected chi connectivity index (χ2v) is 10.6. The van der Waals surface area contributed by atoms with Gasteiger partial charge in [-0.25, -0.2) is 0 Å². The molecule has 0 bridgehead atoms. The minimum absolute atomic E-state index is 0.00152. The molecule has 28 heavy (non-hydrogen) atoms. The van der Waals surface area contributed by atoms with E-state index in [1.165, 1.54) is 0 Å². The number of piperidine rings is 1. The molecule has 5 heteroatoms. The summed E-state index contributed by atoms with van der Waals surface area (Å²) >= 11 is 0. The molecule has 2 N–H and O–H groups in total. The van der Waals surface area contributed by atoms with E-state index in [4.69, 9.17) is 0 Å². The molecule has 1 aliphatic carbocycles. The van der Waals surface area contributed by atoms with E-state index in [0.29, 0.717) is 18.4 Å². The number of nitrogens with one attached hydrogen (secondary N) is 2. The molecule has 1 saturated carbocycles. The molecule has 1 aliphatic heterocycles. The molecule has 2 fully saturated rings. The molecule has 2 aliphatic rings. The lowest BCUT2D eigenvalue weighted by Crippen LogP contribution is -2.52. The Hall–Kier alpha value is -1.10. The molecule has 0 spiro atoms. The monoisotopic (exact) mass is 393 g/mol. The van der Waals surface area contributed by atoms with E-state index in [-0.39, 0.29) is 34.6 Å². The largest absolute Gasteiger partial charge is 0.354 e. The van der Waals surface area contributed by atoms with Gasteiger partial charge in [0.25, 0.3) is 0 Å². The summed E-state index contributed by atoms with van der Waals surface area (Å²) in [6.45, 7) is 15.6. The van der Waals surface area contributed by atoms with E-state index in [9.17, 15) is 9.59 Å². The summed E-state index contributed by atoms with van der Waals surface area (Å²) in [6, 6.07) is 0.00152. The Labute approximate surface area is 172 Å². The van der Waals surface area contributed by atoms with Crippen molar-refractivity contribution in [1.82, 2.24) is 15.5 Å². The zero-order chi connectivity index (χ0) is 21.1. The maximum atomic E-state index is 13.1.